The molecule has 66 valence electrons. The molecule has 3 heteroatoms. The fraction of sp³-hybridized carbons (Fsp3) is 0.875. The molecule has 0 aromatic rings. The topological polar surface area (TPSA) is 46.3 Å². The molecule has 0 aliphatic heterocycles. The molecule has 2 N–H and O–H groups in total. The molecule has 11 heavy (non-hydrogen) atoms. The summed E-state index contributed by atoms with van der Waals surface area (Å²) in [6.07, 6.45) is 0.920. The van der Waals surface area contributed by atoms with Gasteiger partial charge in [0.25, 0.3) is 0 Å². The maximum absolute atomic E-state index is 10.5. The fourth-order valence-corrected chi connectivity index (χ4v) is 1.25. The highest BCUT2D eigenvalue weighted by atomic mass is 16.1. The minimum absolute atomic E-state index is 0.111. The van der Waals surface area contributed by atoms with Crippen LogP contribution in [0.25, 0.3) is 0 Å². The summed E-state index contributed by atoms with van der Waals surface area (Å²) in [6, 6.07) is 0.277. The molecule has 0 fully saturated rings. The Balaban J connectivity index is 4.08. The normalized spacial score (nSPS) is 14.0. The largest absolute Gasteiger partial charge is 0.328 e. The van der Waals surface area contributed by atoms with Crippen LogP contribution in [0.15, 0.2) is 0 Å². The van der Waals surface area contributed by atoms with E-state index in [1.807, 2.05) is 6.92 Å². The van der Waals surface area contributed by atoms with Crippen molar-refractivity contribution in [2.24, 2.45) is 5.73 Å². The zero-order chi connectivity index (χ0) is 8.85. The van der Waals surface area contributed by atoms with Crippen LogP contribution in [0.1, 0.15) is 20.8 Å². The molecule has 0 saturated heterocycles. The number of carbonyl (C=O) groups excluding carboxylic acids is 1. The molecule has 1 atom stereocenters. The minimum atomic E-state index is -0.111. The van der Waals surface area contributed by atoms with Crippen LogP contribution in [0.3, 0.4) is 0 Å². The van der Waals surface area contributed by atoms with Crippen LogP contribution in [0.5, 0.6) is 0 Å². The van der Waals surface area contributed by atoms with Gasteiger partial charge in [-0.25, -0.2) is 0 Å². The van der Waals surface area contributed by atoms with E-state index in [9.17, 15) is 4.79 Å². The summed E-state index contributed by atoms with van der Waals surface area (Å²) < 4.78 is 0. The van der Waals surface area contributed by atoms with Gasteiger partial charge in [-0.3, -0.25) is 4.90 Å². The third-order valence-electron chi connectivity index (χ3n) is 1.85. The lowest BCUT2D eigenvalue weighted by molar-refractivity contribution is -0.112. The van der Waals surface area contributed by atoms with E-state index in [0.29, 0.717) is 12.6 Å². The Bertz CT molecular complexity index is 115. The van der Waals surface area contributed by atoms with E-state index in [-0.39, 0.29) is 6.04 Å². The van der Waals surface area contributed by atoms with Crippen LogP contribution in [-0.2, 0) is 4.79 Å². The lowest BCUT2D eigenvalue weighted by Gasteiger charge is -2.29. The number of hydrogen-bond donors (Lipinski definition) is 1. The second-order valence-electron chi connectivity index (χ2n) is 2.86. The van der Waals surface area contributed by atoms with Gasteiger partial charge in [-0.15, -0.1) is 0 Å². The Labute approximate surface area is 68.6 Å². The van der Waals surface area contributed by atoms with Gasteiger partial charge in [0.1, 0.15) is 6.29 Å². The van der Waals surface area contributed by atoms with Crippen molar-refractivity contribution in [2.45, 2.75) is 32.9 Å². The molecule has 0 aliphatic carbocycles. The van der Waals surface area contributed by atoms with Crippen molar-refractivity contribution in [1.82, 2.24) is 4.90 Å². The van der Waals surface area contributed by atoms with Gasteiger partial charge in [-0.1, -0.05) is 6.92 Å². The highest BCUT2D eigenvalue weighted by Crippen LogP contribution is 2.01. The van der Waals surface area contributed by atoms with Crippen LogP contribution in [-0.4, -0.2) is 36.4 Å². The molecule has 0 radical (unpaired) electrons. The Morgan fingerprint density at radius 1 is 1.55 bits per heavy atom. The summed E-state index contributed by atoms with van der Waals surface area (Å²) in [7, 11) is 0. The van der Waals surface area contributed by atoms with Crippen molar-refractivity contribution in [3.63, 3.8) is 0 Å². The Kier molecular flexibility index (Phi) is 5.07. The maximum atomic E-state index is 10.5. The summed E-state index contributed by atoms with van der Waals surface area (Å²) >= 11 is 0. The fourth-order valence-electron chi connectivity index (χ4n) is 1.25. The highest BCUT2D eigenvalue weighted by molar-refractivity contribution is 5.57. The van der Waals surface area contributed by atoms with E-state index >= 15 is 0 Å². The first-order valence-electron chi connectivity index (χ1n) is 4.08. The molecule has 0 saturated carbocycles. The van der Waals surface area contributed by atoms with E-state index in [1.54, 1.807) is 0 Å². The molecule has 0 spiro atoms. The summed E-state index contributed by atoms with van der Waals surface area (Å²) in [5, 5.41) is 0. The molecule has 0 aliphatic rings. The van der Waals surface area contributed by atoms with Crippen molar-refractivity contribution >= 4 is 6.29 Å². The van der Waals surface area contributed by atoms with E-state index in [1.165, 1.54) is 0 Å². The smallest absolute Gasteiger partial charge is 0.138 e. The first-order chi connectivity index (χ1) is 5.17. The van der Waals surface area contributed by atoms with Crippen LogP contribution in [0.4, 0.5) is 0 Å². The lowest BCUT2D eigenvalue weighted by Crippen LogP contribution is -2.45. The quantitative estimate of drug-likeness (QED) is 0.583. The monoisotopic (exact) mass is 158 g/mol. The van der Waals surface area contributed by atoms with Crippen molar-refractivity contribution in [1.29, 1.82) is 0 Å². The zero-order valence-corrected chi connectivity index (χ0v) is 7.58. The third-order valence-corrected chi connectivity index (χ3v) is 1.85. The Morgan fingerprint density at radius 3 is 2.18 bits per heavy atom. The molecule has 3 nitrogen and oxygen atoms in total. The zero-order valence-electron chi connectivity index (χ0n) is 7.58. The SMILES string of the molecule is CCN(C(C)C)C(C=O)CN. The molecular weight excluding hydrogens is 140 g/mol. The van der Waals surface area contributed by atoms with E-state index in [2.05, 4.69) is 18.7 Å². The molecule has 0 aromatic carbocycles. The highest BCUT2D eigenvalue weighted by Gasteiger charge is 2.16. The van der Waals surface area contributed by atoms with E-state index < -0.39 is 0 Å². The van der Waals surface area contributed by atoms with Gasteiger partial charge in [-0.05, 0) is 20.4 Å². The standard InChI is InChI=1S/C8H18N2O/c1-4-10(7(2)3)8(5-9)6-11/h6-8H,4-5,9H2,1-3H3. The first kappa shape index (κ1) is 10.6. The minimum Gasteiger partial charge on any atom is -0.328 e. The number of likely N-dealkylation sites (N-methyl/N-ethyl adjacent to an activating group) is 1. The predicted octanol–water partition coefficient (Wildman–Crippen LogP) is 0.243. The molecule has 0 amide bonds. The van der Waals surface area contributed by atoms with Crippen LogP contribution in [0, 0.1) is 0 Å². The van der Waals surface area contributed by atoms with Gasteiger partial charge in [-0.2, -0.15) is 0 Å². The Hall–Kier alpha value is -0.410. The second-order valence-corrected chi connectivity index (χ2v) is 2.86. The number of nitrogens with zero attached hydrogens (tertiary/aromatic N) is 1. The summed E-state index contributed by atoms with van der Waals surface area (Å²) in [4.78, 5) is 12.6. The van der Waals surface area contributed by atoms with Crippen molar-refractivity contribution in [3.05, 3.63) is 0 Å². The third kappa shape index (κ3) is 2.99. The van der Waals surface area contributed by atoms with Gasteiger partial charge in [0.2, 0.25) is 0 Å². The van der Waals surface area contributed by atoms with Gasteiger partial charge in [0.15, 0.2) is 0 Å². The molecule has 0 heterocycles. The average Bonchev–Trinajstić information content (AvgIpc) is 1.99. The molecule has 0 rings (SSSR count). The molecule has 1 unspecified atom stereocenters. The van der Waals surface area contributed by atoms with Gasteiger partial charge in [0, 0.05) is 12.6 Å². The summed E-state index contributed by atoms with van der Waals surface area (Å²) in [5.41, 5.74) is 5.42. The number of rotatable bonds is 5. The van der Waals surface area contributed by atoms with Crippen LogP contribution < -0.4 is 5.73 Å². The predicted molar refractivity (Wildman–Crippen MR) is 46.4 cm³/mol. The molecule has 0 aromatic heterocycles. The first-order valence-corrected chi connectivity index (χ1v) is 4.08. The van der Waals surface area contributed by atoms with E-state index in [4.69, 9.17) is 5.73 Å². The average molecular weight is 158 g/mol. The van der Waals surface area contributed by atoms with E-state index in [0.717, 1.165) is 12.8 Å². The Morgan fingerprint density at radius 2 is 2.09 bits per heavy atom. The summed E-state index contributed by atoms with van der Waals surface area (Å²) in [6.45, 7) is 7.45. The van der Waals surface area contributed by atoms with Crippen molar-refractivity contribution in [2.75, 3.05) is 13.1 Å². The number of nitrogens with two attached hydrogens (primary N) is 1. The van der Waals surface area contributed by atoms with Crippen LogP contribution >= 0.6 is 0 Å². The van der Waals surface area contributed by atoms with Gasteiger partial charge in [0.05, 0.1) is 6.04 Å². The van der Waals surface area contributed by atoms with Crippen LogP contribution in [0.2, 0.25) is 0 Å². The second kappa shape index (κ2) is 5.27. The lowest BCUT2D eigenvalue weighted by atomic mass is 10.2. The molecular formula is C8H18N2O. The van der Waals surface area contributed by atoms with Gasteiger partial charge < -0.3 is 10.5 Å². The number of carbonyl (C=O) groups is 1. The summed E-state index contributed by atoms with van der Waals surface area (Å²) in [5.74, 6) is 0. The maximum Gasteiger partial charge on any atom is 0.138 e. The van der Waals surface area contributed by atoms with Gasteiger partial charge >= 0.3 is 0 Å². The number of hydrogen-bond acceptors (Lipinski definition) is 3. The molecule has 0 bridgehead atoms. The number of aldehydes is 1. The van der Waals surface area contributed by atoms with Crippen molar-refractivity contribution in [3.8, 4) is 0 Å². The van der Waals surface area contributed by atoms with Crippen molar-refractivity contribution < 1.29 is 4.79 Å².